The number of hydrogen-bond acceptors (Lipinski definition) is 8. The van der Waals surface area contributed by atoms with Gasteiger partial charge in [-0.3, -0.25) is 9.35 Å². The van der Waals surface area contributed by atoms with E-state index in [1.807, 2.05) is 0 Å². The first-order chi connectivity index (χ1) is 18.6. The molecule has 0 spiro atoms. The minimum absolute atomic E-state index is 0.0362. The molecule has 11 nitrogen and oxygen atoms in total. The highest BCUT2D eigenvalue weighted by Crippen LogP contribution is 2.38. The molecule has 1 amide bonds. The van der Waals surface area contributed by atoms with Crippen LogP contribution in [0.3, 0.4) is 0 Å². The number of rotatable bonds is 4. The molecule has 1 saturated heterocycles. The summed E-state index contributed by atoms with van der Waals surface area (Å²) in [6.45, 7) is 0.357. The molecule has 0 saturated carbocycles. The van der Waals surface area contributed by atoms with Crippen molar-refractivity contribution in [1.82, 2.24) is 24.8 Å². The van der Waals surface area contributed by atoms with Gasteiger partial charge in [0, 0.05) is 30.4 Å². The number of fused-ring (bicyclic) bond motifs is 1. The van der Waals surface area contributed by atoms with E-state index in [0.717, 1.165) is 16.7 Å². The Morgan fingerprint density at radius 1 is 1.12 bits per heavy atom. The first-order valence-electron chi connectivity index (χ1n) is 11.0. The lowest BCUT2D eigenvalue weighted by atomic mass is 10.1. The van der Waals surface area contributed by atoms with Crippen molar-refractivity contribution in [2.24, 2.45) is 0 Å². The van der Waals surface area contributed by atoms with E-state index in [2.05, 4.69) is 20.4 Å². The smallest absolute Gasteiger partial charge is 0.417 e. The van der Waals surface area contributed by atoms with Crippen molar-refractivity contribution in [3.8, 4) is 28.7 Å². The molecule has 0 bridgehead atoms. The highest BCUT2D eigenvalue weighted by molar-refractivity contribution is 7.85. The largest absolute Gasteiger partial charge is 0.487 e. The molecule has 40 heavy (non-hydrogen) atoms. The number of imidazole rings is 1. The van der Waals surface area contributed by atoms with Crippen molar-refractivity contribution in [2.45, 2.75) is 25.1 Å². The van der Waals surface area contributed by atoms with Crippen LogP contribution in [0, 0.1) is 0 Å². The molecule has 0 unspecified atom stereocenters. The predicted octanol–water partition coefficient (Wildman–Crippen LogP) is 5.19. The summed E-state index contributed by atoms with van der Waals surface area (Å²) in [7, 11) is -3.67. The molecule has 1 aliphatic heterocycles. The molecular formula is C22H17Cl3F3N5O6S. The number of benzene rings is 1. The molecule has 214 valence electrons. The van der Waals surface area contributed by atoms with Crippen molar-refractivity contribution in [1.29, 1.82) is 0 Å². The van der Waals surface area contributed by atoms with Gasteiger partial charge >= 0.3 is 6.18 Å². The number of pyridine rings is 1. The zero-order valence-electron chi connectivity index (χ0n) is 20.0. The Labute approximate surface area is 238 Å². The Morgan fingerprint density at radius 2 is 1.82 bits per heavy atom. The van der Waals surface area contributed by atoms with E-state index in [0.29, 0.717) is 37.0 Å². The highest BCUT2D eigenvalue weighted by atomic mass is 35.5. The van der Waals surface area contributed by atoms with Crippen molar-refractivity contribution in [3.63, 3.8) is 0 Å². The summed E-state index contributed by atoms with van der Waals surface area (Å²) in [6, 6.07) is 3.81. The topological polar surface area (TPSA) is 149 Å². The van der Waals surface area contributed by atoms with Crippen molar-refractivity contribution < 1.29 is 40.2 Å². The van der Waals surface area contributed by atoms with Gasteiger partial charge in [-0.15, -0.1) is 0 Å². The lowest BCUT2D eigenvalue weighted by Gasteiger charge is -2.24. The lowest BCUT2D eigenvalue weighted by molar-refractivity contribution is -0.137. The normalized spacial score (nSPS) is 15.9. The van der Waals surface area contributed by atoms with E-state index in [-0.39, 0.29) is 50.1 Å². The van der Waals surface area contributed by atoms with E-state index in [4.69, 9.17) is 48.6 Å². The maximum atomic E-state index is 13.1. The Kier molecular flexibility index (Phi) is 8.52. The summed E-state index contributed by atoms with van der Waals surface area (Å²) < 4.78 is 77.4. The number of alkyl halides is 3. The van der Waals surface area contributed by atoms with E-state index < -0.39 is 21.9 Å². The molecule has 0 aliphatic carbocycles. The van der Waals surface area contributed by atoms with Gasteiger partial charge < -0.3 is 19.0 Å². The monoisotopic (exact) mass is 641 g/mol. The van der Waals surface area contributed by atoms with Crippen LogP contribution in [0.25, 0.3) is 28.6 Å². The molecule has 5 rings (SSSR count). The third kappa shape index (κ3) is 7.34. The molecule has 0 radical (unpaired) electrons. The van der Waals surface area contributed by atoms with Crippen molar-refractivity contribution >= 4 is 56.5 Å². The third-order valence-corrected chi connectivity index (χ3v) is 6.14. The number of amides is 1. The Hall–Kier alpha value is -3.11. The second-order valence-electron chi connectivity index (χ2n) is 8.43. The molecule has 2 N–H and O–H groups in total. The van der Waals surface area contributed by atoms with E-state index in [1.54, 1.807) is 0 Å². The number of carbonyl (C=O) groups excluding carboxylic acids is 1. The summed E-state index contributed by atoms with van der Waals surface area (Å²) in [5.41, 5.74) is -0.371. The minimum atomic E-state index is -4.57. The molecule has 4 heterocycles. The van der Waals surface area contributed by atoms with Crippen LogP contribution in [0.5, 0.6) is 5.75 Å². The second-order valence-corrected chi connectivity index (χ2v) is 11.1. The Bertz CT molecular complexity index is 1680. The average Bonchev–Trinajstić information content (AvgIpc) is 3.49. The quantitative estimate of drug-likeness (QED) is 0.287. The molecule has 4 aromatic rings. The molecule has 1 aromatic carbocycles. The van der Waals surface area contributed by atoms with Gasteiger partial charge in [0.2, 0.25) is 11.7 Å². The van der Waals surface area contributed by atoms with Crippen LogP contribution in [0.2, 0.25) is 15.1 Å². The molecule has 1 fully saturated rings. The maximum absolute atomic E-state index is 13.1. The first-order valence-corrected chi connectivity index (χ1v) is 14.0. The fourth-order valence-electron chi connectivity index (χ4n) is 3.53. The number of aromatic nitrogens is 4. The van der Waals surface area contributed by atoms with Crippen LogP contribution >= 0.6 is 34.8 Å². The standard InChI is InChI=1S/C21H13Cl3F3N5O3.CH4O3S/c22-12-5-16(34-10-1-2-17(33)28-6-10)13(23)4-11(12)18-30-20(35-31-18)15-8-32-7-9(21(25,26)27)3-14(24)19(32)29-15;1-5(2,3)4/h3-5,7-8,10H,1-2,6H2,(H,28,33);1H3,(H,2,3,4)/t10-;/m1./s1. The Morgan fingerprint density at radius 3 is 2.45 bits per heavy atom. The second kappa shape index (κ2) is 11.4. The van der Waals surface area contributed by atoms with Crippen LogP contribution in [-0.4, -0.2) is 57.3 Å². The van der Waals surface area contributed by atoms with Gasteiger partial charge in [0.1, 0.15) is 17.5 Å². The third-order valence-electron chi connectivity index (χ3n) is 5.26. The number of carbonyl (C=O) groups is 1. The van der Waals surface area contributed by atoms with Gasteiger partial charge in [-0.2, -0.15) is 26.6 Å². The summed E-state index contributed by atoms with van der Waals surface area (Å²) in [6.07, 6.45) is -1.05. The summed E-state index contributed by atoms with van der Waals surface area (Å²) in [5, 5.41) is 6.89. The van der Waals surface area contributed by atoms with Crippen LogP contribution < -0.4 is 10.1 Å². The van der Waals surface area contributed by atoms with Gasteiger partial charge in [0.05, 0.1) is 33.4 Å². The van der Waals surface area contributed by atoms with Gasteiger partial charge in [-0.1, -0.05) is 40.0 Å². The first kappa shape index (κ1) is 29.9. The SMILES string of the molecule is CS(=O)(=O)O.O=C1CC[C@@H](Oc2cc(Cl)c(-c3noc(-c4cn5cc(C(F)(F)F)cc(Cl)c5n4)n3)cc2Cl)CN1. The van der Waals surface area contributed by atoms with Crippen LogP contribution in [0.1, 0.15) is 18.4 Å². The maximum Gasteiger partial charge on any atom is 0.417 e. The number of halogens is 6. The number of nitrogens with one attached hydrogen (secondary N) is 1. The summed E-state index contributed by atoms with van der Waals surface area (Å²) in [4.78, 5) is 19.8. The molecule has 18 heteroatoms. The highest BCUT2D eigenvalue weighted by Gasteiger charge is 2.32. The van der Waals surface area contributed by atoms with Crippen LogP contribution in [-0.2, 0) is 21.1 Å². The number of ether oxygens (including phenoxy) is 1. The van der Waals surface area contributed by atoms with Gasteiger partial charge in [-0.25, -0.2) is 4.98 Å². The lowest BCUT2D eigenvalue weighted by Crippen LogP contribution is -2.40. The van der Waals surface area contributed by atoms with Crippen molar-refractivity contribution in [3.05, 3.63) is 51.2 Å². The Balaban J connectivity index is 0.000000681. The van der Waals surface area contributed by atoms with Gasteiger partial charge in [0.15, 0.2) is 5.65 Å². The van der Waals surface area contributed by atoms with Crippen molar-refractivity contribution in [2.75, 3.05) is 12.8 Å². The van der Waals surface area contributed by atoms with E-state index >= 15 is 0 Å². The molecule has 1 atom stereocenters. The van der Waals surface area contributed by atoms with E-state index in [9.17, 15) is 26.4 Å². The summed E-state index contributed by atoms with van der Waals surface area (Å²) in [5.74, 6) is 0.327. The predicted molar refractivity (Wildman–Crippen MR) is 138 cm³/mol. The minimum Gasteiger partial charge on any atom is -0.487 e. The molecular weight excluding hydrogens is 626 g/mol. The average molecular weight is 643 g/mol. The van der Waals surface area contributed by atoms with Gasteiger partial charge in [-0.05, 0) is 18.6 Å². The van der Waals surface area contributed by atoms with E-state index in [1.165, 1.54) is 18.3 Å². The molecule has 3 aromatic heterocycles. The fourth-order valence-corrected chi connectivity index (χ4v) is 4.24. The number of piperidine rings is 1. The molecule has 1 aliphatic rings. The van der Waals surface area contributed by atoms with Crippen LogP contribution in [0.15, 0.2) is 35.1 Å². The van der Waals surface area contributed by atoms with Gasteiger partial charge in [0.25, 0.3) is 16.0 Å². The summed E-state index contributed by atoms with van der Waals surface area (Å²) >= 11 is 18.8. The fraction of sp³-hybridized carbons (Fsp3) is 0.273. The number of nitrogens with zero attached hydrogens (tertiary/aromatic N) is 4. The number of hydrogen-bond donors (Lipinski definition) is 2. The van der Waals surface area contributed by atoms with Crippen LogP contribution in [0.4, 0.5) is 13.2 Å². The zero-order chi connectivity index (χ0) is 29.4. The zero-order valence-corrected chi connectivity index (χ0v) is 23.1.